The maximum Gasteiger partial charge on any atom is 0.343 e. The van der Waals surface area contributed by atoms with Crippen LogP contribution in [-0.4, -0.2) is 17.6 Å². The first-order valence-electron chi connectivity index (χ1n) is 6.35. The van der Waals surface area contributed by atoms with Crippen molar-refractivity contribution >= 4 is 5.97 Å². The van der Waals surface area contributed by atoms with Crippen molar-refractivity contribution in [1.29, 1.82) is 0 Å². The van der Waals surface area contributed by atoms with E-state index in [9.17, 15) is 9.59 Å². The average Bonchev–Trinajstić information content (AvgIpc) is 2.28. The highest BCUT2D eigenvalue weighted by Gasteiger charge is 2.27. The number of esters is 1. The van der Waals surface area contributed by atoms with Gasteiger partial charge in [-0.05, 0) is 43.2 Å². The molecule has 1 aliphatic rings. The fraction of sp³-hybridized carbons (Fsp3) is 0.571. The third kappa shape index (κ3) is 2.47. The Balaban J connectivity index is 2.41. The van der Waals surface area contributed by atoms with E-state index in [0.29, 0.717) is 0 Å². The zero-order valence-corrected chi connectivity index (χ0v) is 11.1. The Kier molecular flexibility index (Phi) is 3.28. The zero-order chi connectivity index (χ0) is 13.3. The number of fused-ring (bicyclic) bond motifs is 1. The van der Waals surface area contributed by atoms with Gasteiger partial charge in [0.2, 0.25) is 0 Å². The molecular formula is C14H19NO3. The summed E-state index contributed by atoms with van der Waals surface area (Å²) in [6.07, 6.45) is 2.79. The smallest absolute Gasteiger partial charge is 0.343 e. The van der Waals surface area contributed by atoms with Gasteiger partial charge in [-0.3, -0.25) is 4.79 Å². The van der Waals surface area contributed by atoms with E-state index in [-0.39, 0.29) is 23.1 Å². The fourth-order valence-corrected chi connectivity index (χ4v) is 2.42. The summed E-state index contributed by atoms with van der Waals surface area (Å²) in [6.45, 7) is 6.41. The number of aryl methyl sites for hydroxylation is 1. The third-order valence-corrected chi connectivity index (χ3v) is 3.43. The van der Waals surface area contributed by atoms with Crippen molar-refractivity contribution < 1.29 is 9.53 Å². The monoisotopic (exact) mass is 249 g/mol. The van der Waals surface area contributed by atoms with Crippen molar-refractivity contribution in [3.63, 3.8) is 0 Å². The van der Waals surface area contributed by atoms with Gasteiger partial charge in [0, 0.05) is 5.69 Å². The molecule has 0 unspecified atom stereocenters. The Hall–Kier alpha value is -1.58. The summed E-state index contributed by atoms with van der Waals surface area (Å²) < 4.78 is 4.89. The summed E-state index contributed by atoms with van der Waals surface area (Å²) in [5, 5.41) is 0. The van der Waals surface area contributed by atoms with E-state index < -0.39 is 5.97 Å². The number of carbonyl (C=O) groups is 1. The molecule has 0 radical (unpaired) electrons. The SMILES string of the molecule is CCOC(=O)c1cc2c([nH]c1=O)CCC(C)(C)C2. The van der Waals surface area contributed by atoms with E-state index in [1.165, 1.54) is 0 Å². The minimum Gasteiger partial charge on any atom is -0.462 e. The predicted molar refractivity (Wildman–Crippen MR) is 68.8 cm³/mol. The average molecular weight is 249 g/mol. The first-order valence-corrected chi connectivity index (χ1v) is 6.35. The summed E-state index contributed by atoms with van der Waals surface area (Å²) in [7, 11) is 0. The molecule has 1 aliphatic carbocycles. The highest BCUT2D eigenvalue weighted by Crippen LogP contribution is 2.33. The molecule has 98 valence electrons. The van der Waals surface area contributed by atoms with Crippen molar-refractivity contribution in [2.75, 3.05) is 6.61 Å². The van der Waals surface area contributed by atoms with Crippen LogP contribution in [0.2, 0.25) is 0 Å². The number of H-pyrrole nitrogens is 1. The number of rotatable bonds is 2. The molecule has 4 heteroatoms. The third-order valence-electron chi connectivity index (χ3n) is 3.43. The Morgan fingerprint density at radius 2 is 2.22 bits per heavy atom. The summed E-state index contributed by atoms with van der Waals surface area (Å²) >= 11 is 0. The molecule has 0 atom stereocenters. The number of ether oxygens (including phenoxy) is 1. The van der Waals surface area contributed by atoms with E-state index in [2.05, 4.69) is 18.8 Å². The summed E-state index contributed by atoms with van der Waals surface area (Å²) in [6, 6.07) is 1.70. The molecule has 1 heterocycles. The fourth-order valence-electron chi connectivity index (χ4n) is 2.42. The molecule has 4 nitrogen and oxygen atoms in total. The van der Waals surface area contributed by atoms with Crippen LogP contribution in [0.15, 0.2) is 10.9 Å². The maximum absolute atomic E-state index is 11.8. The molecule has 2 rings (SSSR count). The molecule has 0 saturated heterocycles. The van der Waals surface area contributed by atoms with Gasteiger partial charge in [-0.25, -0.2) is 4.79 Å². The molecule has 0 spiro atoms. The van der Waals surface area contributed by atoms with Crippen LogP contribution in [0.3, 0.4) is 0 Å². The number of aromatic amines is 1. The molecule has 1 aromatic rings. The minimum atomic E-state index is -0.537. The molecule has 0 aromatic carbocycles. The molecule has 1 aromatic heterocycles. The largest absolute Gasteiger partial charge is 0.462 e. The van der Waals surface area contributed by atoms with E-state index in [1.54, 1.807) is 13.0 Å². The van der Waals surface area contributed by atoms with Crippen LogP contribution in [0.25, 0.3) is 0 Å². The van der Waals surface area contributed by atoms with Crippen LogP contribution in [0.5, 0.6) is 0 Å². The molecular weight excluding hydrogens is 230 g/mol. The normalized spacial score (nSPS) is 17.1. The molecule has 0 aliphatic heterocycles. The molecule has 0 bridgehead atoms. The van der Waals surface area contributed by atoms with Crippen molar-refractivity contribution in [2.45, 2.75) is 40.0 Å². The quantitative estimate of drug-likeness (QED) is 0.816. The number of nitrogens with one attached hydrogen (secondary N) is 1. The van der Waals surface area contributed by atoms with E-state index in [4.69, 9.17) is 4.74 Å². The van der Waals surface area contributed by atoms with Gasteiger partial charge < -0.3 is 9.72 Å². The number of carbonyl (C=O) groups excluding carboxylic acids is 1. The van der Waals surface area contributed by atoms with Gasteiger partial charge in [0.05, 0.1) is 6.61 Å². The summed E-state index contributed by atoms with van der Waals surface area (Å²) in [5.41, 5.74) is 2.03. The molecule has 0 saturated carbocycles. The molecule has 1 N–H and O–H groups in total. The molecule has 0 amide bonds. The van der Waals surface area contributed by atoms with Crippen LogP contribution >= 0.6 is 0 Å². The van der Waals surface area contributed by atoms with Crippen LogP contribution < -0.4 is 5.56 Å². The maximum atomic E-state index is 11.8. The number of aromatic nitrogens is 1. The molecule has 0 fully saturated rings. The summed E-state index contributed by atoms with van der Waals surface area (Å²) in [5.74, 6) is -0.537. The minimum absolute atomic E-state index is 0.119. The highest BCUT2D eigenvalue weighted by molar-refractivity contribution is 5.89. The number of pyridine rings is 1. The first kappa shape index (κ1) is 12.9. The van der Waals surface area contributed by atoms with Crippen LogP contribution in [0.4, 0.5) is 0 Å². The van der Waals surface area contributed by atoms with Gasteiger partial charge in [-0.1, -0.05) is 13.8 Å². The standard InChI is InChI=1S/C14H19NO3/c1-4-18-13(17)10-7-9-8-14(2,3)6-5-11(9)15-12(10)16/h7H,4-6,8H2,1-3H3,(H,15,16). The Morgan fingerprint density at radius 1 is 1.50 bits per heavy atom. The van der Waals surface area contributed by atoms with Gasteiger partial charge in [-0.2, -0.15) is 0 Å². The second-order valence-electron chi connectivity index (χ2n) is 5.58. The van der Waals surface area contributed by atoms with Gasteiger partial charge in [0.25, 0.3) is 5.56 Å². The second kappa shape index (κ2) is 4.59. The van der Waals surface area contributed by atoms with Gasteiger partial charge in [0.15, 0.2) is 0 Å². The summed E-state index contributed by atoms with van der Waals surface area (Å²) in [4.78, 5) is 26.3. The van der Waals surface area contributed by atoms with Crippen molar-refractivity contribution in [3.8, 4) is 0 Å². The van der Waals surface area contributed by atoms with Crippen LogP contribution in [-0.2, 0) is 17.6 Å². The van der Waals surface area contributed by atoms with E-state index in [0.717, 1.165) is 30.5 Å². The number of hydrogen-bond donors (Lipinski definition) is 1. The van der Waals surface area contributed by atoms with Crippen molar-refractivity contribution in [2.24, 2.45) is 5.41 Å². The van der Waals surface area contributed by atoms with Crippen molar-refractivity contribution in [1.82, 2.24) is 4.98 Å². The molecule has 18 heavy (non-hydrogen) atoms. The van der Waals surface area contributed by atoms with E-state index in [1.807, 2.05) is 0 Å². The zero-order valence-electron chi connectivity index (χ0n) is 11.1. The lowest BCUT2D eigenvalue weighted by atomic mass is 9.76. The highest BCUT2D eigenvalue weighted by atomic mass is 16.5. The van der Waals surface area contributed by atoms with E-state index >= 15 is 0 Å². The topological polar surface area (TPSA) is 59.2 Å². The lowest BCUT2D eigenvalue weighted by molar-refractivity contribution is 0.0524. The Bertz CT molecular complexity index is 528. The van der Waals surface area contributed by atoms with Gasteiger partial charge in [-0.15, -0.1) is 0 Å². The lowest BCUT2D eigenvalue weighted by Gasteiger charge is -2.30. The van der Waals surface area contributed by atoms with Crippen molar-refractivity contribution in [3.05, 3.63) is 33.2 Å². The lowest BCUT2D eigenvalue weighted by Crippen LogP contribution is -2.28. The first-order chi connectivity index (χ1) is 8.43. The second-order valence-corrected chi connectivity index (χ2v) is 5.58. The Morgan fingerprint density at radius 3 is 2.89 bits per heavy atom. The predicted octanol–water partition coefficient (Wildman–Crippen LogP) is 2.07. The van der Waals surface area contributed by atoms with Crippen LogP contribution in [0.1, 0.15) is 48.8 Å². The number of hydrogen-bond acceptors (Lipinski definition) is 3. The van der Waals surface area contributed by atoms with Gasteiger partial charge >= 0.3 is 5.97 Å². The van der Waals surface area contributed by atoms with Crippen LogP contribution in [0, 0.1) is 5.41 Å². The Labute approximate surface area is 106 Å². The van der Waals surface area contributed by atoms with Gasteiger partial charge in [0.1, 0.15) is 5.56 Å².